The molecular weight excluding hydrogens is 320 g/mol. The van der Waals surface area contributed by atoms with Crippen LogP contribution < -0.4 is 0 Å². The number of allylic oxidation sites excluding steroid dienone is 3. The monoisotopic (exact) mass is 354 g/mol. The van der Waals surface area contributed by atoms with Gasteiger partial charge >= 0.3 is 5.97 Å². The molecule has 0 aliphatic carbocycles. The number of hydrogen-bond donors (Lipinski definition) is 4. The van der Waals surface area contributed by atoms with Crippen LogP contribution in [0.5, 0.6) is 0 Å². The van der Waals surface area contributed by atoms with E-state index in [4.69, 9.17) is 5.11 Å². The fourth-order valence-electron chi connectivity index (χ4n) is 2.21. The van der Waals surface area contributed by atoms with E-state index in [1.807, 2.05) is 18.2 Å². The van der Waals surface area contributed by atoms with Gasteiger partial charge in [-0.1, -0.05) is 62.6 Å². The fraction of sp³-hybridized carbons (Fsp3) is 0.650. The van der Waals surface area contributed by atoms with Crippen LogP contribution >= 0.6 is 0 Å². The van der Waals surface area contributed by atoms with Crippen molar-refractivity contribution in [3.05, 3.63) is 36.5 Å². The summed E-state index contributed by atoms with van der Waals surface area (Å²) >= 11 is 0. The Morgan fingerprint density at radius 1 is 0.960 bits per heavy atom. The van der Waals surface area contributed by atoms with Gasteiger partial charge in [0.15, 0.2) is 0 Å². The number of rotatable bonds is 15. The number of aliphatic hydroxyl groups excluding tert-OH is 3. The fourth-order valence-corrected chi connectivity index (χ4v) is 2.21. The highest BCUT2D eigenvalue weighted by Gasteiger charge is 2.11. The molecule has 0 aromatic carbocycles. The Bertz CT molecular complexity index is 414. The molecule has 0 heterocycles. The van der Waals surface area contributed by atoms with Crippen molar-refractivity contribution >= 4 is 5.97 Å². The summed E-state index contributed by atoms with van der Waals surface area (Å²) < 4.78 is 0. The van der Waals surface area contributed by atoms with Crippen molar-refractivity contribution < 1.29 is 25.2 Å². The van der Waals surface area contributed by atoms with Crippen molar-refractivity contribution in [3.8, 4) is 0 Å². The lowest BCUT2D eigenvalue weighted by Crippen LogP contribution is -2.23. The van der Waals surface area contributed by atoms with E-state index >= 15 is 0 Å². The minimum absolute atomic E-state index is 0.186. The topological polar surface area (TPSA) is 98.0 Å². The van der Waals surface area contributed by atoms with Crippen molar-refractivity contribution in [2.45, 2.75) is 83.0 Å². The Balaban J connectivity index is 3.86. The van der Waals surface area contributed by atoms with Crippen LogP contribution in [-0.2, 0) is 4.79 Å². The van der Waals surface area contributed by atoms with E-state index in [2.05, 4.69) is 6.92 Å². The van der Waals surface area contributed by atoms with Gasteiger partial charge in [0.05, 0.1) is 18.3 Å². The number of carboxylic acids is 1. The number of carbonyl (C=O) groups is 1. The van der Waals surface area contributed by atoms with Crippen LogP contribution in [0.25, 0.3) is 0 Å². The minimum Gasteiger partial charge on any atom is -0.481 e. The predicted molar refractivity (Wildman–Crippen MR) is 100 cm³/mol. The van der Waals surface area contributed by atoms with Crippen LogP contribution in [0.4, 0.5) is 0 Å². The molecule has 0 aliphatic rings. The predicted octanol–water partition coefficient (Wildman–Crippen LogP) is 3.35. The zero-order valence-corrected chi connectivity index (χ0v) is 15.3. The SMILES string of the molecule is CCCCCC(O)C=CC(O)C(O)CC=CCC=CCCCC(=O)O. The summed E-state index contributed by atoms with van der Waals surface area (Å²) in [7, 11) is 0. The summed E-state index contributed by atoms with van der Waals surface area (Å²) in [6.45, 7) is 2.10. The number of aliphatic carboxylic acids is 1. The number of aliphatic hydroxyl groups is 3. The highest BCUT2D eigenvalue weighted by atomic mass is 16.4. The van der Waals surface area contributed by atoms with Gasteiger partial charge < -0.3 is 20.4 Å². The van der Waals surface area contributed by atoms with Crippen molar-refractivity contribution in [1.82, 2.24) is 0 Å². The molecule has 25 heavy (non-hydrogen) atoms. The molecule has 3 unspecified atom stereocenters. The molecule has 0 aromatic heterocycles. The van der Waals surface area contributed by atoms with E-state index in [0.29, 0.717) is 25.7 Å². The smallest absolute Gasteiger partial charge is 0.303 e. The van der Waals surface area contributed by atoms with Crippen LogP contribution in [0.15, 0.2) is 36.5 Å². The third kappa shape index (κ3) is 15.8. The molecule has 0 saturated carbocycles. The maximum atomic E-state index is 10.3. The average Bonchev–Trinajstić information content (AvgIpc) is 2.57. The lowest BCUT2D eigenvalue weighted by atomic mass is 10.1. The molecule has 5 nitrogen and oxygen atoms in total. The van der Waals surface area contributed by atoms with E-state index in [1.54, 1.807) is 12.2 Å². The number of hydrogen-bond acceptors (Lipinski definition) is 4. The van der Waals surface area contributed by atoms with Crippen LogP contribution in [0.1, 0.15) is 64.7 Å². The summed E-state index contributed by atoms with van der Waals surface area (Å²) in [4.78, 5) is 10.3. The van der Waals surface area contributed by atoms with Crippen molar-refractivity contribution in [1.29, 1.82) is 0 Å². The average molecular weight is 354 g/mol. The van der Waals surface area contributed by atoms with E-state index in [9.17, 15) is 20.1 Å². The number of unbranched alkanes of at least 4 members (excludes halogenated alkanes) is 3. The molecule has 0 aliphatic heterocycles. The molecule has 0 spiro atoms. The summed E-state index contributed by atoms with van der Waals surface area (Å²) in [5.74, 6) is -0.775. The summed E-state index contributed by atoms with van der Waals surface area (Å²) in [5, 5.41) is 37.9. The first-order valence-corrected chi connectivity index (χ1v) is 9.21. The van der Waals surface area contributed by atoms with Crippen LogP contribution in [0.3, 0.4) is 0 Å². The highest BCUT2D eigenvalue weighted by Crippen LogP contribution is 2.07. The third-order valence-electron chi connectivity index (χ3n) is 3.77. The first kappa shape index (κ1) is 23.6. The van der Waals surface area contributed by atoms with Crippen molar-refractivity contribution in [2.24, 2.45) is 0 Å². The molecule has 0 rings (SSSR count). The van der Waals surface area contributed by atoms with Crippen molar-refractivity contribution in [2.75, 3.05) is 0 Å². The van der Waals surface area contributed by atoms with Crippen LogP contribution in [0.2, 0.25) is 0 Å². The molecule has 5 heteroatoms. The largest absolute Gasteiger partial charge is 0.481 e. The number of carboxylic acid groups (broad SMARTS) is 1. The maximum absolute atomic E-state index is 10.3. The van der Waals surface area contributed by atoms with Crippen molar-refractivity contribution in [3.63, 3.8) is 0 Å². The standard InChI is InChI=1S/C20H34O5/c1-2-3-9-12-17(21)15-16-19(23)18(22)13-10-7-5-4-6-8-11-14-20(24)25/h4,6-7,10,15-19,21-23H,2-3,5,8-9,11-14H2,1H3,(H,24,25). The first-order valence-electron chi connectivity index (χ1n) is 9.21. The zero-order chi connectivity index (χ0) is 18.9. The van der Waals surface area contributed by atoms with Gasteiger partial charge in [-0.05, 0) is 32.1 Å². The van der Waals surface area contributed by atoms with Gasteiger partial charge in [-0.25, -0.2) is 0 Å². The maximum Gasteiger partial charge on any atom is 0.303 e. The Morgan fingerprint density at radius 2 is 1.68 bits per heavy atom. The molecule has 0 aromatic rings. The lowest BCUT2D eigenvalue weighted by molar-refractivity contribution is -0.137. The summed E-state index contributed by atoms with van der Waals surface area (Å²) in [6.07, 6.45) is 14.6. The molecule has 0 amide bonds. The Labute approximate surface area is 151 Å². The normalized spacial score (nSPS) is 16.0. The molecule has 0 saturated heterocycles. The van der Waals surface area contributed by atoms with Gasteiger partial charge in [0.2, 0.25) is 0 Å². The minimum atomic E-state index is -0.989. The van der Waals surface area contributed by atoms with Gasteiger partial charge in [-0.3, -0.25) is 4.79 Å². The lowest BCUT2D eigenvalue weighted by Gasteiger charge is -2.13. The second-order valence-electron chi connectivity index (χ2n) is 6.21. The van der Waals surface area contributed by atoms with Gasteiger partial charge in [0, 0.05) is 6.42 Å². The van der Waals surface area contributed by atoms with E-state index in [-0.39, 0.29) is 6.42 Å². The Morgan fingerprint density at radius 3 is 2.36 bits per heavy atom. The van der Waals surface area contributed by atoms with E-state index in [0.717, 1.165) is 25.7 Å². The zero-order valence-electron chi connectivity index (χ0n) is 15.3. The molecule has 0 bridgehead atoms. The van der Waals surface area contributed by atoms with Gasteiger partial charge in [-0.2, -0.15) is 0 Å². The van der Waals surface area contributed by atoms with Gasteiger partial charge in [0.25, 0.3) is 0 Å². The second-order valence-corrected chi connectivity index (χ2v) is 6.21. The molecule has 3 atom stereocenters. The molecule has 0 fully saturated rings. The Kier molecular flexibility index (Phi) is 15.1. The molecular formula is C20H34O5. The van der Waals surface area contributed by atoms with E-state index < -0.39 is 24.3 Å². The third-order valence-corrected chi connectivity index (χ3v) is 3.77. The summed E-state index contributed by atoms with van der Waals surface area (Å²) in [6, 6.07) is 0. The van der Waals surface area contributed by atoms with E-state index in [1.165, 1.54) is 6.08 Å². The first-order chi connectivity index (χ1) is 12.0. The highest BCUT2D eigenvalue weighted by molar-refractivity contribution is 5.66. The van der Waals surface area contributed by atoms with Gasteiger partial charge in [-0.15, -0.1) is 0 Å². The second kappa shape index (κ2) is 16.1. The van der Waals surface area contributed by atoms with Crippen LogP contribution in [-0.4, -0.2) is 44.7 Å². The Hall–Kier alpha value is -1.43. The van der Waals surface area contributed by atoms with Crippen LogP contribution in [0, 0.1) is 0 Å². The molecule has 4 N–H and O–H groups in total. The molecule has 0 radical (unpaired) electrons. The molecule has 144 valence electrons. The summed E-state index contributed by atoms with van der Waals surface area (Å²) in [5.41, 5.74) is 0. The van der Waals surface area contributed by atoms with Gasteiger partial charge in [0.1, 0.15) is 0 Å². The quantitative estimate of drug-likeness (QED) is 0.267.